The van der Waals surface area contributed by atoms with Crippen LogP contribution in [0.25, 0.3) is 0 Å². The van der Waals surface area contributed by atoms with Gasteiger partial charge in [-0.15, -0.1) is 0 Å². The Bertz CT molecular complexity index is 528. The number of aryl methyl sites for hydroxylation is 1. The minimum absolute atomic E-state index is 0.486. The molecule has 2 aromatic rings. The van der Waals surface area contributed by atoms with E-state index < -0.39 is 6.10 Å². The molecule has 0 heterocycles. The van der Waals surface area contributed by atoms with E-state index in [1.165, 1.54) is 11.1 Å². The number of benzene rings is 2. The highest BCUT2D eigenvalue weighted by Crippen LogP contribution is 2.19. The molecule has 2 N–H and O–H groups in total. The van der Waals surface area contributed by atoms with Crippen molar-refractivity contribution < 1.29 is 5.11 Å². The molecule has 0 bridgehead atoms. The number of aliphatic hydroxyl groups is 1. The fraction of sp³-hybridized carbons (Fsp3) is 0.333. The van der Waals surface area contributed by atoms with Crippen molar-refractivity contribution in [3.8, 4) is 0 Å². The molecule has 0 aromatic heterocycles. The van der Waals surface area contributed by atoms with Gasteiger partial charge in [0.25, 0.3) is 0 Å². The van der Waals surface area contributed by atoms with Gasteiger partial charge in [0.2, 0.25) is 0 Å². The molecule has 2 heteroatoms. The molecule has 0 radical (unpaired) electrons. The second kappa shape index (κ2) is 6.58. The van der Waals surface area contributed by atoms with Gasteiger partial charge in [-0.05, 0) is 36.1 Å². The minimum Gasteiger partial charge on any atom is -0.387 e. The molecule has 2 aromatic carbocycles. The standard InChI is InChI=1S/C18H23NO/c1-13(2)15-8-10-17(11-9-15)19-12-18(20)16-6-4-14(3)5-7-16/h4-11,13,18-20H,12H2,1-3H3. The maximum Gasteiger partial charge on any atom is 0.0962 e. The average Bonchev–Trinajstić information content (AvgIpc) is 2.46. The van der Waals surface area contributed by atoms with E-state index in [0.29, 0.717) is 12.5 Å². The predicted octanol–water partition coefficient (Wildman–Crippen LogP) is 4.26. The Labute approximate surface area is 121 Å². The zero-order valence-corrected chi connectivity index (χ0v) is 12.4. The first-order valence-electron chi connectivity index (χ1n) is 7.14. The van der Waals surface area contributed by atoms with Gasteiger partial charge in [0.1, 0.15) is 0 Å². The highest BCUT2D eigenvalue weighted by molar-refractivity contribution is 5.45. The van der Waals surface area contributed by atoms with Crippen molar-refractivity contribution >= 4 is 5.69 Å². The van der Waals surface area contributed by atoms with Crippen molar-refractivity contribution in [3.63, 3.8) is 0 Å². The zero-order valence-electron chi connectivity index (χ0n) is 12.4. The van der Waals surface area contributed by atoms with Gasteiger partial charge < -0.3 is 10.4 Å². The molecule has 20 heavy (non-hydrogen) atoms. The number of nitrogens with one attached hydrogen (secondary N) is 1. The molecule has 2 rings (SSSR count). The monoisotopic (exact) mass is 269 g/mol. The predicted molar refractivity (Wildman–Crippen MR) is 85.2 cm³/mol. The Kier molecular flexibility index (Phi) is 4.80. The summed E-state index contributed by atoms with van der Waals surface area (Å²) < 4.78 is 0. The van der Waals surface area contributed by atoms with E-state index in [1.54, 1.807) is 0 Å². The lowest BCUT2D eigenvalue weighted by atomic mass is 10.0. The lowest BCUT2D eigenvalue weighted by molar-refractivity contribution is 0.191. The molecule has 0 fully saturated rings. The lowest BCUT2D eigenvalue weighted by Crippen LogP contribution is -2.12. The Morgan fingerprint density at radius 2 is 1.45 bits per heavy atom. The highest BCUT2D eigenvalue weighted by atomic mass is 16.3. The molecule has 0 aliphatic rings. The third-order valence-electron chi connectivity index (χ3n) is 3.54. The van der Waals surface area contributed by atoms with Gasteiger partial charge in [0, 0.05) is 12.2 Å². The van der Waals surface area contributed by atoms with Crippen LogP contribution in [-0.2, 0) is 0 Å². The molecule has 1 unspecified atom stereocenters. The van der Waals surface area contributed by atoms with Crippen molar-refractivity contribution in [3.05, 3.63) is 65.2 Å². The summed E-state index contributed by atoms with van der Waals surface area (Å²) in [4.78, 5) is 0. The summed E-state index contributed by atoms with van der Waals surface area (Å²) in [5.74, 6) is 0.544. The van der Waals surface area contributed by atoms with Crippen LogP contribution in [0.5, 0.6) is 0 Å². The van der Waals surface area contributed by atoms with E-state index in [0.717, 1.165) is 11.3 Å². The summed E-state index contributed by atoms with van der Waals surface area (Å²) in [6.45, 7) is 6.93. The van der Waals surface area contributed by atoms with Crippen LogP contribution < -0.4 is 5.32 Å². The summed E-state index contributed by atoms with van der Waals surface area (Å²) in [5, 5.41) is 13.4. The van der Waals surface area contributed by atoms with Gasteiger partial charge in [-0.25, -0.2) is 0 Å². The molecule has 0 saturated heterocycles. The Morgan fingerprint density at radius 1 is 0.900 bits per heavy atom. The number of hydrogen-bond acceptors (Lipinski definition) is 2. The minimum atomic E-state index is -0.486. The van der Waals surface area contributed by atoms with Crippen LogP contribution in [0.3, 0.4) is 0 Å². The van der Waals surface area contributed by atoms with E-state index in [4.69, 9.17) is 0 Å². The molecule has 0 aliphatic heterocycles. The van der Waals surface area contributed by atoms with Crippen LogP contribution in [0.15, 0.2) is 48.5 Å². The summed E-state index contributed by atoms with van der Waals surface area (Å²) in [7, 11) is 0. The first kappa shape index (κ1) is 14.6. The number of anilines is 1. The Balaban J connectivity index is 1.92. The summed E-state index contributed by atoms with van der Waals surface area (Å²) in [5.41, 5.74) is 4.52. The first-order valence-corrected chi connectivity index (χ1v) is 7.14. The van der Waals surface area contributed by atoms with Crippen LogP contribution >= 0.6 is 0 Å². The van der Waals surface area contributed by atoms with Gasteiger partial charge in [-0.2, -0.15) is 0 Å². The fourth-order valence-corrected chi connectivity index (χ4v) is 2.11. The second-order valence-electron chi connectivity index (χ2n) is 5.58. The number of rotatable bonds is 5. The second-order valence-corrected chi connectivity index (χ2v) is 5.58. The van der Waals surface area contributed by atoms with E-state index in [9.17, 15) is 5.11 Å². The van der Waals surface area contributed by atoms with Crippen LogP contribution in [0, 0.1) is 6.92 Å². The van der Waals surface area contributed by atoms with Crippen molar-refractivity contribution in [1.82, 2.24) is 0 Å². The quantitative estimate of drug-likeness (QED) is 0.850. The molecular weight excluding hydrogens is 246 g/mol. The van der Waals surface area contributed by atoms with E-state index in [-0.39, 0.29) is 0 Å². The van der Waals surface area contributed by atoms with Crippen molar-refractivity contribution in [1.29, 1.82) is 0 Å². The third kappa shape index (κ3) is 3.84. The molecular formula is C18H23NO. The fourth-order valence-electron chi connectivity index (χ4n) is 2.11. The van der Waals surface area contributed by atoms with E-state index in [2.05, 4.69) is 43.4 Å². The van der Waals surface area contributed by atoms with Crippen LogP contribution in [0.4, 0.5) is 5.69 Å². The maximum atomic E-state index is 10.2. The number of aliphatic hydroxyl groups excluding tert-OH is 1. The normalized spacial score (nSPS) is 12.4. The van der Waals surface area contributed by atoms with E-state index in [1.807, 2.05) is 31.2 Å². The molecule has 2 nitrogen and oxygen atoms in total. The van der Waals surface area contributed by atoms with E-state index >= 15 is 0 Å². The van der Waals surface area contributed by atoms with Gasteiger partial charge in [-0.1, -0.05) is 55.8 Å². The van der Waals surface area contributed by atoms with Crippen LogP contribution in [-0.4, -0.2) is 11.7 Å². The smallest absolute Gasteiger partial charge is 0.0962 e. The molecule has 0 spiro atoms. The summed E-state index contributed by atoms with van der Waals surface area (Å²) in [6, 6.07) is 16.4. The average molecular weight is 269 g/mol. The topological polar surface area (TPSA) is 32.3 Å². The first-order chi connectivity index (χ1) is 9.56. The largest absolute Gasteiger partial charge is 0.387 e. The Hall–Kier alpha value is -1.80. The van der Waals surface area contributed by atoms with Gasteiger partial charge in [-0.3, -0.25) is 0 Å². The van der Waals surface area contributed by atoms with Gasteiger partial charge in [0.15, 0.2) is 0 Å². The van der Waals surface area contributed by atoms with Crippen LogP contribution in [0.1, 0.15) is 42.6 Å². The molecule has 0 amide bonds. The molecule has 0 aliphatic carbocycles. The highest BCUT2D eigenvalue weighted by Gasteiger charge is 2.07. The van der Waals surface area contributed by atoms with Crippen molar-refractivity contribution in [2.75, 3.05) is 11.9 Å². The zero-order chi connectivity index (χ0) is 14.5. The Morgan fingerprint density at radius 3 is 2.00 bits per heavy atom. The van der Waals surface area contributed by atoms with Crippen molar-refractivity contribution in [2.24, 2.45) is 0 Å². The summed E-state index contributed by atoms with van der Waals surface area (Å²) >= 11 is 0. The molecule has 106 valence electrons. The third-order valence-corrected chi connectivity index (χ3v) is 3.54. The SMILES string of the molecule is Cc1ccc(C(O)CNc2ccc(C(C)C)cc2)cc1. The lowest BCUT2D eigenvalue weighted by Gasteiger charge is -2.14. The van der Waals surface area contributed by atoms with Crippen molar-refractivity contribution in [2.45, 2.75) is 32.8 Å². The van der Waals surface area contributed by atoms with Gasteiger partial charge >= 0.3 is 0 Å². The molecule has 1 atom stereocenters. The van der Waals surface area contributed by atoms with Gasteiger partial charge in [0.05, 0.1) is 6.10 Å². The van der Waals surface area contributed by atoms with Crippen LogP contribution in [0.2, 0.25) is 0 Å². The maximum absolute atomic E-state index is 10.2. The summed E-state index contributed by atoms with van der Waals surface area (Å²) in [6.07, 6.45) is -0.486. The molecule has 0 saturated carbocycles. The number of hydrogen-bond donors (Lipinski definition) is 2.